The van der Waals surface area contributed by atoms with E-state index in [9.17, 15) is 9.90 Å². The van der Waals surface area contributed by atoms with E-state index in [0.29, 0.717) is 22.4 Å². The van der Waals surface area contributed by atoms with Crippen molar-refractivity contribution in [1.82, 2.24) is 0 Å². The molecule has 0 heterocycles. The Morgan fingerprint density at radius 3 is 2.38 bits per heavy atom. The Balaban J connectivity index is 2.88. The Morgan fingerprint density at radius 1 is 1.14 bits per heavy atom. The van der Waals surface area contributed by atoms with E-state index >= 15 is 0 Å². The van der Waals surface area contributed by atoms with Gasteiger partial charge >= 0.3 is 0 Å². The van der Waals surface area contributed by atoms with Gasteiger partial charge in [-0.2, -0.15) is 0 Å². The predicted octanol–water partition coefficient (Wildman–Crippen LogP) is 2.91. The number of ether oxygens (including phenoxy) is 3. The topological polar surface area (TPSA) is 65.0 Å². The summed E-state index contributed by atoms with van der Waals surface area (Å²) >= 11 is 0. The van der Waals surface area contributed by atoms with Crippen molar-refractivity contribution in [3.63, 3.8) is 0 Å². The number of rotatable bonds is 5. The minimum atomic E-state index is -0.223. The molecule has 5 nitrogen and oxygen atoms in total. The number of methoxy groups -OCH3 is 3. The van der Waals surface area contributed by atoms with Gasteiger partial charge in [-0.3, -0.25) is 4.79 Å². The molecule has 21 heavy (non-hydrogen) atoms. The summed E-state index contributed by atoms with van der Waals surface area (Å²) in [6.45, 7) is 1.65. The van der Waals surface area contributed by atoms with Crippen LogP contribution in [0.5, 0.6) is 17.2 Å². The fraction of sp³-hybridized carbons (Fsp3) is 0.312. The largest absolute Gasteiger partial charge is 0.506 e. The fourth-order valence-corrected chi connectivity index (χ4v) is 2.46. The number of aromatic hydroxyl groups is 1. The summed E-state index contributed by atoms with van der Waals surface area (Å²) in [6, 6.07) is 5.25. The summed E-state index contributed by atoms with van der Waals surface area (Å²) in [5, 5.41) is 11.7. The highest BCUT2D eigenvalue weighted by Gasteiger charge is 2.20. The highest BCUT2D eigenvalue weighted by molar-refractivity contribution is 6.07. The Morgan fingerprint density at radius 2 is 1.86 bits per heavy atom. The van der Waals surface area contributed by atoms with E-state index in [1.807, 2.05) is 0 Å². The summed E-state index contributed by atoms with van der Waals surface area (Å²) in [7, 11) is 4.60. The number of phenols is 1. The van der Waals surface area contributed by atoms with Crippen molar-refractivity contribution in [2.75, 3.05) is 21.3 Å². The zero-order valence-electron chi connectivity index (χ0n) is 12.5. The van der Waals surface area contributed by atoms with Crippen LogP contribution < -0.4 is 9.47 Å². The van der Waals surface area contributed by atoms with Crippen LogP contribution in [0.2, 0.25) is 0 Å². The summed E-state index contributed by atoms with van der Waals surface area (Å²) in [5.74, 6) is 0.747. The first-order valence-corrected chi connectivity index (χ1v) is 6.44. The molecule has 0 aliphatic rings. The number of carbonyl (C=O) groups is 1. The molecule has 0 fully saturated rings. The van der Waals surface area contributed by atoms with Gasteiger partial charge < -0.3 is 19.3 Å². The standard InChI is InChI=1S/C16H18O5/c1-9(17)14-11(8-19-2)5-10-6-12(20-3)7-13(21-4)15(10)16(14)18/h5-7,18H,8H2,1-4H3. The van der Waals surface area contributed by atoms with Gasteiger partial charge in [0.25, 0.3) is 0 Å². The van der Waals surface area contributed by atoms with Gasteiger partial charge in [-0.25, -0.2) is 0 Å². The molecule has 2 aromatic rings. The molecular weight excluding hydrogens is 272 g/mol. The number of hydrogen-bond donors (Lipinski definition) is 1. The molecule has 0 unspecified atom stereocenters. The molecule has 0 amide bonds. The lowest BCUT2D eigenvalue weighted by molar-refractivity contribution is 0.101. The normalized spacial score (nSPS) is 10.7. The van der Waals surface area contributed by atoms with Crippen LogP contribution in [0.15, 0.2) is 18.2 Å². The molecule has 0 atom stereocenters. The summed E-state index contributed by atoms with van der Waals surface area (Å²) in [6.07, 6.45) is 0. The maximum atomic E-state index is 11.8. The minimum Gasteiger partial charge on any atom is -0.506 e. The smallest absolute Gasteiger partial charge is 0.163 e. The second-order valence-electron chi connectivity index (χ2n) is 4.68. The van der Waals surface area contributed by atoms with Crippen LogP contribution in [0, 0.1) is 0 Å². The van der Waals surface area contributed by atoms with E-state index in [-0.39, 0.29) is 23.7 Å². The molecule has 2 rings (SSSR count). The second-order valence-corrected chi connectivity index (χ2v) is 4.68. The Labute approximate surface area is 123 Å². The number of hydrogen-bond acceptors (Lipinski definition) is 5. The molecule has 0 saturated carbocycles. The molecule has 0 spiro atoms. The van der Waals surface area contributed by atoms with Crippen LogP contribution in [0.1, 0.15) is 22.8 Å². The summed E-state index contributed by atoms with van der Waals surface area (Å²) in [5.41, 5.74) is 0.887. The van der Waals surface area contributed by atoms with Crippen LogP contribution in [-0.2, 0) is 11.3 Å². The maximum absolute atomic E-state index is 11.8. The van der Waals surface area contributed by atoms with E-state index in [2.05, 4.69) is 0 Å². The van der Waals surface area contributed by atoms with Gasteiger partial charge in [0.15, 0.2) is 5.78 Å². The minimum absolute atomic E-state index is 0.0912. The molecule has 0 aliphatic heterocycles. The van der Waals surface area contributed by atoms with E-state index in [1.165, 1.54) is 21.1 Å². The SMILES string of the molecule is COCc1cc2cc(OC)cc(OC)c2c(O)c1C(C)=O. The van der Waals surface area contributed by atoms with E-state index < -0.39 is 0 Å². The lowest BCUT2D eigenvalue weighted by Crippen LogP contribution is -2.03. The molecule has 1 N–H and O–H groups in total. The van der Waals surface area contributed by atoms with Crippen molar-refractivity contribution in [1.29, 1.82) is 0 Å². The second kappa shape index (κ2) is 6.01. The quantitative estimate of drug-likeness (QED) is 0.858. The van der Waals surface area contributed by atoms with Crippen LogP contribution in [0.3, 0.4) is 0 Å². The van der Waals surface area contributed by atoms with E-state index in [0.717, 1.165) is 5.39 Å². The number of carbonyl (C=O) groups excluding carboxylic acids is 1. The van der Waals surface area contributed by atoms with Crippen molar-refractivity contribution >= 4 is 16.6 Å². The molecule has 0 aromatic heterocycles. The van der Waals surface area contributed by atoms with Crippen LogP contribution in [0.4, 0.5) is 0 Å². The fourth-order valence-electron chi connectivity index (χ4n) is 2.46. The molecule has 0 aliphatic carbocycles. The average Bonchev–Trinajstić information content (AvgIpc) is 2.45. The molecule has 2 aromatic carbocycles. The van der Waals surface area contributed by atoms with E-state index in [1.54, 1.807) is 25.3 Å². The molecule has 5 heteroatoms. The predicted molar refractivity (Wildman–Crippen MR) is 79.4 cm³/mol. The van der Waals surface area contributed by atoms with Crippen molar-refractivity contribution in [2.24, 2.45) is 0 Å². The number of fused-ring (bicyclic) bond motifs is 1. The zero-order chi connectivity index (χ0) is 15.6. The van der Waals surface area contributed by atoms with Crippen molar-refractivity contribution < 1.29 is 24.1 Å². The summed E-state index contributed by atoms with van der Waals surface area (Å²) < 4.78 is 15.6. The first-order chi connectivity index (χ1) is 10.0. The van der Waals surface area contributed by atoms with Gasteiger partial charge in [0.2, 0.25) is 0 Å². The first-order valence-electron chi connectivity index (χ1n) is 6.44. The number of benzene rings is 2. The number of ketones is 1. The van der Waals surface area contributed by atoms with Gasteiger partial charge in [0.1, 0.15) is 17.2 Å². The summed E-state index contributed by atoms with van der Waals surface area (Å²) in [4.78, 5) is 11.8. The average molecular weight is 290 g/mol. The molecule has 112 valence electrons. The Hall–Kier alpha value is -2.27. The van der Waals surface area contributed by atoms with Crippen molar-refractivity contribution in [3.05, 3.63) is 29.3 Å². The maximum Gasteiger partial charge on any atom is 0.163 e. The lowest BCUT2D eigenvalue weighted by Gasteiger charge is -2.15. The lowest BCUT2D eigenvalue weighted by atomic mass is 9.96. The van der Waals surface area contributed by atoms with Crippen LogP contribution in [0.25, 0.3) is 10.8 Å². The van der Waals surface area contributed by atoms with E-state index in [4.69, 9.17) is 14.2 Å². The van der Waals surface area contributed by atoms with Crippen molar-refractivity contribution in [3.8, 4) is 17.2 Å². The van der Waals surface area contributed by atoms with Gasteiger partial charge in [-0.1, -0.05) is 0 Å². The molecule has 0 radical (unpaired) electrons. The molecular formula is C16H18O5. The highest BCUT2D eigenvalue weighted by Crippen LogP contribution is 2.40. The van der Waals surface area contributed by atoms with Gasteiger partial charge in [0.05, 0.1) is 31.8 Å². The highest BCUT2D eigenvalue weighted by atomic mass is 16.5. The third kappa shape index (κ3) is 2.64. The molecule has 0 saturated heterocycles. The number of phenolic OH excluding ortho intramolecular Hbond substituents is 1. The molecule has 0 bridgehead atoms. The Kier molecular flexibility index (Phi) is 4.33. The van der Waals surface area contributed by atoms with Crippen LogP contribution in [-0.4, -0.2) is 32.2 Å². The van der Waals surface area contributed by atoms with Gasteiger partial charge in [0, 0.05) is 13.2 Å². The van der Waals surface area contributed by atoms with Crippen LogP contribution >= 0.6 is 0 Å². The zero-order valence-corrected chi connectivity index (χ0v) is 12.5. The first kappa shape index (κ1) is 15.1. The van der Waals surface area contributed by atoms with Gasteiger partial charge in [-0.05, 0) is 30.0 Å². The van der Waals surface area contributed by atoms with Gasteiger partial charge in [-0.15, -0.1) is 0 Å². The van der Waals surface area contributed by atoms with Crippen molar-refractivity contribution in [2.45, 2.75) is 13.5 Å². The third-order valence-electron chi connectivity index (χ3n) is 3.34. The monoisotopic (exact) mass is 290 g/mol. The third-order valence-corrected chi connectivity index (χ3v) is 3.34. The number of Topliss-reactive ketones (excluding diaryl/α,β-unsaturated/α-hetero) is 1. The Bertz CT molecular complexity index is 691.